The van der Waals surface area contributed by atoms with E-state index in [0.29, 0.717) is 4.75 Å². The molecule has 5 heteroatoms. The van der Waals surface area contributed by atoms with Crippen molar-refractivity contribution in [1.82, 2.24) is 10.6 Å². The summed E-state index contributed by atoms with van der Waals surface area (Å²) >= 11 is 2.09. The molecule has 1 unspecified atom stereocenters. The van der Waals surface area contributed by atoms with Gasteiger partial charge in [-0.15, -0.1) is 24.0 Å². The SMILES string of the molecule is CN=C(NCC1CC1)NCC1(C)CCCS1.I. The molecule has 0 radical (unpaired) electrons. The molecule has 3 nitrogen and oxygen atoms in total. The maximum Gasteiger partial charge on any atom is 0.191 e. The highest BCUT2D eigenvalue weighted by Gasteiger charge is 2.29. The Bertz CT molecular complexity index is 260. The van der Waals surface area contributed by atoms with Crippen LogP contribution in [0.4, 0.5) is 0 Å². The Hall–Kier alpha value is 0.350. The fraction of sp³-hybridized carbons (Fsp3) is 0.917. The van der Waals surface area contributed by atoms with Gasteiger partial charge >= 0.3 is 0 Å². The molecule has 0 spiro atoms. The second-order valence-corrected chi connectivity index (χ2v) is 6.83. The van der Waals surface area contributed by atoms with Gasteiger partial charge < -0.3 is 10.6 Å². The van der Waals surface area contributed by atoms with Crippen LogP contribution in [0.3, 0.4) is 0 Å². The fourth-order valence-corrected chi connectivity index (χ4v) is 3.27. The van der Waals surface area contributed by atoms with Crippen LogP contribution < -0.4 is 10.6 Å². The lowest BCUT2D eigenvalue weighted by molar-refractivity contribution is 0.583. The molecule has 2 N–H and O–H groups in total. The third-order valence-electron chi connectivity index (χ3n) is 3.41. The summed E-state index contributed by atoms with van der Waals surface area (Å²) in [4.78, 5) is 4.27. The summed E-state index contributed by atoms with van der Waals surface area (Å²) in [6.07, 6.45) is 5.45. The van der Waals surface area contributed by atoms with Crippen LogP contribution in [0.5, 0.6) is 0 Å². The average Bonchev–Trinajstić information content (AvgIpc) is 3.01. The molecule has 1 aliphatic carbocycles. The number of thioether (sulfide) groups is 1. The van der Waals surface area contributed by atoms with E-state index in [-0.39, 0.29) is 24.0 Å². The van der Waals surface area contributed by atoms with Crippen LogP contribution in [-0.4, -0.2) is 36.6 Å². The van der Waals surface area contributed by atoms with Crippen molar-refractivity contribution in [3.63, 3.8) is 0 Å². The summed E-state index contributed by atoms with van der Waals surface area (Å²) in [7, 11) is 1.85. The van der Waals surface area contributed by atoms with E-state index in [1.54, 1.807) is 0 Å². The molecular weight excluding hydrogens is 345 g/mol. The van der Waals surface area contributed by atoms with E-state index in [1.165, 1.54) is 31.4 Å². The number of guanidine groups is 1. The minimum atomic E-state index is 0. The van der Waals surface area contributed by atoms with Crippen molar-refractivity contribution >= 4 is 41.7 Å². The van der Waals surface area contributed by atoms with Crippen LogP contribution in [-0.2, 0) is 0 Å². The first-order valence-electron chi connectivity index (χ1n) is 6.30. The second kappa shape index (κ2) is 7.07. The maximum atomic E-state index is 4.27. The third-order valence-corrected chi connectivity index (χ3v) is 4.95. The van der Waals surface area contributed by atoms with E-state index in [0.717, 1.165) is 25.0 Å². The van der Waals surface area contributed by atoms with Crippen LogP contribution >= 0.6 is 35.7 Å². The molecule has 1 heterocycles. The molecular formula is C12H24IN3S. The van der Waals surface area contributed by atoms with Crippen LogP contribution in [0, 0.1) is 5.92 Å². The van der Waals surface area contributed by atoms with E-state index in [4.69, 9.17) is 0 Å². The van der Waals surface area contributed by atoms with Crippen LogP contribution in [0.1, 0.15) is 32.6 Å². The summed E-state index contributed by atoms with van der Waals surface area (Å²) < 4.78 is 0.414. The molecule has 17 heavy (non-hydrogen) atoms. The van der Waals surface area contributed by atoms with Crippen molar-refractivity contribution in [2.24, 2.45) is 10.9 Å². The van der Waals surface area contributed by atoms with Gasteiger partial charge in [-0.05, 0) is 44.3 Å². The highest BCUT2D eigenvalue weighted by molar-refractivity contribution is 14.0. The normalized spacial score (nSPS) is 28.7. The first-order chi connectivity index (χ1) is 7.72. The van der Waals surface area contributed by atoms with Crippen molar-refractivity contribution in [2.45, 2.75) is 37.4 Å². The Labute approximate surface area is 126 Å². The van der Waals surface area contributed by atoms with Crippen molar-refractivity contribution < 1.29 is 0 Å². The molecule has 0 aromatic rings. The predicted molar refractivity (Wildman–Crippen MR) is 87.6 cm³/mol. The predicted octanol–water partition coefficient (Wildman–Crippen LogP) is 2.47. The zero-order valence-electron chi connectivity index (χ0n) is 10.8. The number of aliphatic imine (C=N–C) groups is 1. The van der Waals surface area contributed by atoms with E-state index < -0.39 is 0 Å². The first kappa shape index (κ1) is 15.4. The standard InChI is InChI=1S/C12H23N3S.HI/c1-12(6-3-7-16-12)9-15-11(13-2)14-8-10-4-5-10;/h10H,3-9H2,1-2H3,(H2,13,14,15);1H. The van der Waals surface area contributed by atoms with E-state index in [9.17, 15) is 0 Å². The Morgan fingerprint density at radius 1 is 1.41 bits per heavy atom. The molecule has 2 aliphatic rings. The number of hydrogen-bond donors (Lipinski definition) is 2. The van der Waals surface area contributed by atoms with Gasteiger partial charge in [0.1, 0.15) is 0 Å². The highest BCUT2D eigenvalue weighted by atomic mass is 127. The quantitative estimate of drug-likeness (QED) is 0.454. The van der Waals surface area contributed by atoms with Crippen LogP contribution in [0.25, 0.3) is 0 Å². The zero-order valence-corrected chi connectivity index (χ0v) is 13.9. The van der Waals surface area contributed by atoms with Gasteiger partial charge in [-0.25, -0.2) is 0 Å². The number of hydrogen-bond acceptors (Lipinski definition) is 2. The van der Waals surface area contributed by atoms with E-state index >= 15 is 0 Å². The van der Waals surface area contributed by atoms with Crippen molar-refractivity contribution in [2.75, 3.05) is 25.9 Å². The molecule has 1 atom stereocenters. The Kier molecular flexibility index (Phi) is 6.40. The molecule has 1 saturated heterocycles. The van der Waals surface area contributed by atoms with Gasteiger partial charge in [0.15, 0.2) is 5.96 Å². The van der Waals surface area contributed by atoms with Crippen molar-refractivity contribution in [1.29, 1.82) is 0 Å². The lowest BCUT2D eigenvalue weighted by atomic mass is 10.1. The fourth-order valence-electron chi connectivity index (χ4n) is 2.03. The van der Waals surface area contributed by atoms with Gasteiger partial charge in [0.05, 0.1) is 0 Å². The first-order valence-corrected chi connectivity index (χ1v) is 7.29. The lowest BCUT2D eigenvalue weighted by Crippen LogP contribution is -2.44. The monoisotopic (exact) mass is 369 g/mol. The van der Waals surface area contributed by atoms with E-state index in [2.05, 4.69) is 34.3 Å². The topological polar surface area (TPSA) is 36.4 Å². The summed E-state index contributed by atoms with van der Waals surface area (Å²) in [5, 5.41) is 6.86. The Balaban J connectivity index is 0.00000144. The van der Waals surface area contributed by atoms with Crippen molar-refractivity contribution in [3.05, 3.63) is 0 Å². The van der Waals surface area contributed by atoms with Gasteiger partial charge in [0, 0.05) is 24.9 Å². The zero-order chi connectivity index (χ0) is 11.4. The van der Waals surface area contributed by atoms with Gasteiger partial charge in [-0.3, -0.25) is 4.99 Å². The molecule has 0 bridgehead atoms. The molecule has 0 amide bonds. The average molecular weight is 369 g/mol. The van der Waals surface area contributed by atoms with Crippen molar-refractivity contribution in [3.8, 4) is 0 Å². The minimum Gasteiger partial charge on any atom is -0.356 e. The minimum absolute atomic E-state index is 0. The molecule has 1 aliphatic heterocycles. The van der Waals surface area contributed by atoms with Gasteiger partial charge in [0.25, 0.3) is 0 Å². The number of rotatable bonds is 4. The largest absolute Gasteiger partial charge is 0.356 e. The molecule has 0 aromatic carbocycles. The number of nitrogens with zero attached hydrogens (tertiary/aromatic N) is 1. The number of halogens is 1. The molecule has 100 valence electrons. The molecule has 1 saturated carbocycles. The summed E-state index contributed by atoms with van der Waals surface area (Å²) in [5.41, 5.74) is 0. The second-order valence-electron chi connectivity index (χ2n) is 5.15. The smallest absolute Gasteiger partial charge is 0.191 e. The highest BCUT2D eigenvalue weighted by Crippen LogP contribution is 2.36. The van der Waals surface area contributed by atoms with Crippen LogP contribution in [0.15, 0.2) is 4.99 Å². The summed E-state index contributed by atoms with van der Waals surface area (Å²) in [5.74, 6) is 3.18. The summed E-state index contributed by atoms with van der Waals surface area (Å²) in [6.45, 7) is 4.47. The Morgan fingerprint density at radius 3 is 2.71 bits per heavy atom. The maximum absolute atomic E-state index is 4.27. The lowest BCUT2D eigenvalue weighted by Gasteiger charge is -2.24. The van der Waals surface area contributed by atoms with E-state index in [1.807, 2.05) is 7.05 Å². The molecule has 2 rings (SSSR count). The van der Waals surface area contributed by atoms with Gasteiger partial charge in [0.2, 0.25) is 0 Å². The third kappa shape index (κ3) is 5.24. The Morgan fingerprint density at radius 2 is 2.18 bits per heavy atom. The molecule has 2 fully saturated rings. The van der Waals surface area contributed by atoms with Gasteiger partial charge in [-0.2, -0.15) is 11.8 Å². The number of nitrogens with one attached hydrogen (secondary N) is 2. The summed E-state index contributed by atoms with van der Waals surface area (Å²) in [6, 6.07) is 0. The van der Waals surface area contributed by atoms with Gasteiger partial charge in [-0.1, -0.05) is 0 Å². The van der Waals surface area contributed by atoms with Crippen LogP contribution in [0.2, 0.25) is 0 Å². The molecule has 0 aromatic heterocycles.